The number of Topliss-reactive ketones (excluding diaryl/α,β-unsaturated/α-hetero) is 1. The predicted octanol–water partition coefficient (Wildman–Crippen LogP) is 2.33. The molecule has 1 rings (SSSR count). The number of hydrogen-bond donors (Lipinski definition) is 0. The van der Waals surface area contributed by atoms with Crippen molar-refractivity contribution in [3.05, 3.63) is 0 Å². The van der Waals surface area contributed by atoms with Crippen molar-refractivity contribution in [3.8, 4) is 0 Å². The number of ketones is 1. The van der Waals surface area contributed by atoms with Crippen molar-refractivity contribution in [1.29, 1.82) is 0 Å². The molecule has 1 aliphatic rings. The molecule has 0 saturated heterocycles. The van der Waals surface area contributed by atoms with Crippen LogP contribution >= 0.6 is 0 Å². The molecule has 0 aromatic carbocycles. The SMILES string of the molecule is CCOC(=O)C(C)(C)C1CCCC(=O)C1. The van der Waals surface area contributed by atoms with Crippen molar-refractivity contribution >= 4 is 11.8 Å². The Balaban J connectivity index is 2.66. The largest absolute Gasteiger partial charge is 0.466 e. The first-order valence-corrected chi connectivity index (χ1v) is 5.67. The summed E-state index contributed by atoms with van der Waals surface area (Å²) in [6, 6.07) is 0. The second-order valence-corrected chi connectivity index (χ2v) is 4.77. The van der Waals surface area contributed by atoms with E-state index in [1.165, 1.54) is 0 Å². The lowest BCUT2D eigenvalue weighted by atomic mass is 9.71. The Kier molecular flexibility index (Phi) is 3.89. The molecule has 1 unspecified atom stereocenters. The molecule has 0 spiro atoms. The number of esters is 1. The molecule has 3 nitrogen and oxygen atoms in total. The van der Waals surface area contributed by atoms with Gasteiger partial charge in [-0.2, -0.15) is 0 Å². The van der Waals surface area contributed by atoms with Gasteiger partial charge in [0.15, 0.2) is 0 Å². The zero-order chi connectivity index (χ0) is 11.5. The lowest BCUT2D eigenvalue weighted by Crippen LogP contribution is -2.37. The van der Waals surface area contributed by atoms with Crippen molar-refractivity contribution in [2.75, 3.05) is 6.61 Å². The molecule has 0 N–H and O–H groups in total. The van der Waals surface area contributed by atoms with E-state index >= 15 is 0 Å². The quantitative estimate of drug-likeness (QED) is 0.674. The Morgan fingerprint density at radius 1 is 1.53 bits per heavy atom. The molecule has 1 aliphatic carbocycles. The summed E-state index contributed by atoms with van der Waals surface area (Å²) in [5, 5.41) is 0. The predicted molar refractivity (Wildman–Crippen MR) is 57.4 cm³/mol. The van der Waals surface area contributed by atoms with Crippen LogP contribution < -0.4 is 0 Å². The van der Waals surface area contributed by atoms with Crippen LogP contribution in [0.15, 0.2) is 0 Å². The molecule has 15 heavy (non-hydrogen) atoms. The van der Waals surface area contributed by atoms with Gasteiger partial charge in [-0.15, -0.1) is 0 Å². The average Bonchev–Trinajstić information content (AvgIpc) is 2.18. The summed E-state index contributed by atoms with van der Waals surface area (Å²) >= 11 is 0. The van der Waals surface area contributed by atoms with E-state index in [1.807, 2.05) is 13.8 Å². The standard InChI is InChI=1S/C12H20O3/c1-4-15-11(14)12(2,3)9-6-5-7-10(13)8-9/h9H,4-8H2,1-3H3. The topological polar surface area (TPSA) is 43.4 Å². The summed E-state index contributed by atoms with van der Waals surface area (Å²) in [5.41, 5.74) is -0.522. The normalized spacial score (nSPS) is 22.6. The minimum Gasteiger partial charge on any atom is -0.466 e. The molecule has 0 aromatic heterocycles. The average molecular weight is 212 g/mol. The molecule has 0 heterocycles. The lowest BCUT2D eigenvalue weighted by Gasteiger charge is -2.34. The molecule has 86 valence electrons. The lowest BCUT2D eigenvalue weighted by molar-refractivity contribution is -0.157. The summed E-state index contributed by atoms with van der Waals surface area (Å²) in [6.07, 6.45) is 3.07. The van der Waals surface area contributed by atoms with Gasteiger partial charge in [0.25, 0.3) is 0 Å². The van der Waals surface area contributed by atoms with Gasteiger partial charge in [-0.05, 0) is 39.5 Å². The Labute approximate surface area is 91.2 Å². The smallest absolute Gasteiger partial charge is 0.311 e. The van der Waals surface area contributed by atoms with Gasteiger partial charge in [-0.1, -0.05) is 0 Å². The van der Waals surface area contributed by atoms with Crippen LogP contribution in [0.4, 0.5) is 0 Å². The fraction of sp³-hybridized carbons (Fsp3) is 0.833. The Bertz CT molecular complexity index is 256. The molecule has 1 fully saturated rings. The van der Waals surface area contributed by atoms with Crippen LogP contribution in [0.25, 0.3) is 0 Å². The third-order valence-corrected chi connectivity index (χ3v) is 3.30. The van der Waals surface area contributed by atoms with Crippen molar-refractivity contribution in [2.45, 2.75) is 46.5 Å². The number of carbonyl (C=O) groups is 2. The highest BCUT2D eigenvalue weighted by atomic mass is 16.5. The summed E-state index contributed by atoms with van der Waals surface area (Å²) in [7, 11) is 0. The van der Waals surface area contributed by atoms with E-state index in [9.17, 15) is 9.59 Å². The number of ether oxygens (including phenoxy) is 1. The maximum atomic E-state index is 11.7. The van der Waals surface area contributed by atoms with Gasteiger partial charge in [-0.25, -0.2) is 0 Å². The number of hydrogen-bond acceptors (Lipinski definition) is 3. The Morgan fingerprint density at radius 3 is 2.73 bits per heavy atom. The minimum absolute atomic E-state index is 0.151. The van der Waals surface area contributed by atoms with E-state index in [1.54, 1.807) is 6.92 Å². The zero-order valence-electron chi connectivity index (χ0n) is 9.84. The summed E-state index contributed by atoms with van der Waals surface area (Å²) in [5.74, 6) is 0.256. The van der Waals surface area contributed by atoms with E-state index in [0.717, 1.165) is 12.8 Å². The first kappa shape index (κ1) is 12.2. The van der Waals surface area contributed by atoms with E-state index in [4.69, 9.17) is 4.74 Å². The highest BCUT2D eigenvalue weighted by Gasteiger charge is 2.40. The third kappa shape index (κ3) is 2.80. The van der Waals surface area contributed by atoms with Crippen LogP contribution in [0.2, 0.25) is 0 Å². The second kappa shape index (κ2) is 4.77. The molecular weight excluding hydrogens is 192 g/mol. The van der Waals surface area contributed by atoms with Gasteiger partial charge in [0, 0.05) is 12.8 Å². The van der Waals surface area contributed by atoms with Gasteiger partial charge < -0.3 is 4.74 Å². The molecule has 0 bridgehead atoms. The van der Waals surface area contributed by atoms with Crippen LogP contribution in [-0.4, -0.2) is 18.4 Å². The monoisotopic (exact) mass is 212 g/mol. The van der Waals surface area contributed by atoms with Crippen molar-refractivity contribution in [1.82, 2.24) is 0 Å². The Morgan fingerprint density at radius 2 is 2.20 bits per heavy atom. The van der Waals surface area contributed by atoms with Crippen LogP contribution in [0.5, 0.6) is 0 Å². The second-order valence-electron chi connectivity index (χ2n) is 4.77. The molecule has 0 amide bonds. The molecule has 0 radical (unpaired) electrons. The first-order chi connectivity index (χ1) is 6.98. The zero-order valence-corrected chi connectivity index (χ0v) is 9.84. The summed E-state index contributed by atoms with van der Waals surface area (Å²) < 4.78 is 5.04. The van der Waals surface area contributed by atoms with E-state index in [-0.39, 0.29) is 17.7 Å². The van der Waals surface area contributed by atoms with Crippen molar-refractivity contribution < 1.29 is 14.3 Å². The van der Waals surface area contributed by atoms with Gasteiger partial charge in [-0.3, -0.25) is 9.59 Å². The molecule has 1 saturated carbocycles. The van der Waals surface area contributed by atoms with Crippen LogP contribution in [0, 0.1) is 11.3 Å². The molecule has 1 atom stereocenters. The van der Waals surface area contributed by atoms with Crippen LogP contribution in [-0.2, 0) is 14.3 Å². The third-order valence-electron chi connectivity index (χ3n) is 3.30. The number of carbonyl (C=O) groups excluding carboxylic acids is 2. The van der Waals surface area contributed by atoms with E-state index in [0.29, 0.717) is 19.4 Å². The van der Waals surface area contributed by atoms with E-state index < -0.39 is 5.41 Å². The molecular formula is C12H20O3. The summed E-state index contributed by atoms with van der Waals surface area (Å²) in [6.45, 7) is 5.98. The number of rotatable bonds is 3. The van der Waals surface area contributed by atoms with E-state index in [2.05, 4.69) is 0 Å². The van der Waals surface area contributed by atoms with Gasteiger partial charge in [0.1, 0.15) is 5.78 Å². The van der Waals surface area contributed by atoms with Gasteiger partial charge >= 0.3 is 5.97 Å². The fourth-order valence-corrected chi connectivity index (χ4v) is 2.12. The first-order valence-electron chi connectivity index (χ1n) is 5.67. The van der Waals surface area contributed by atoms with Gasteiger partial charge in [0.05, 0.1) is 12.0 Å². The van der Waals surface area contributed by atoms with Crippen molar-refractivity contribution in [2.24, 2.45) is 11.3 Å². The minimum atomic E-state index is -0.522. The maximum Gasteiger partial charge on any atom is 0.311 e. The van der Waals surface area contributed by atoms with Crippen LogP contribution in [0.3, 0.4) is 0 Å². The molecule has 0 aromatic rings. The molecule has 0 aliphatic heterocycles. The van der Waals surface area contributed by atoms with Crippen LogP contribution in [0.1, 0.15) is 46.5 Å². The highest BCUT2D eigenvalue weighted by Crippen LogP contribution is 2.37. The van der Waals surface area contributed by atoms with Crippen molar-refractivity contribution in [3.63, 3.8) is 0 Å². The fourth-order valence-electron chi connectivity index (χ4n) is 2.12. The van der Waals surface area contributed by atoms with Gasteiger partial charge in [0.2, 0.25) is 0 Å². The highest BCUT2D eigenvalue weighted by molar-refractivity contribution is 5.82. The summed E-state index contributed by atoms with van der Waals surface area (Å²) in [4.78, 5) is 23.1. The molecule has 3 heteroatoms. The maximum absolute atomic E-state index is 11.7. The Hall–Kier alpha value is -0.860.